The van der Waals surface area contributed by atoms with Crippen molar-refractivity contribution in [3.63, 3.8) is 0 Å². The van der Waals surface area contributed by atoms with Gasteiger partial charge in [-0.15, -0.1) is 0 Å². The molecule has 0 saturated heterocycles. The Morgan fingerprint density at radius 3 is 2.40 bits per heavy atom. The number of ether oxygens (including phenoxy) is 1. The molecule has 140 valence electrons. The largest absolute Gasteiger partial charge is 0.466 e. The highest BCUT2D eigenvalue weighted by Crippen LogP contribution is 2.21. The molecule has 0 saturated carbocycles. The van der Waals surface area contributed by atoms with Crippen molar-refractivity contribution in [2.24, 2.45) is 5.41 Å². The van der Waals surface area contributed by atoms with E-state index < -0.39 is 11.5 Å². The number of hydrogen-bond acceptors (Lipinski definition) is 5. The van der Waals surface area contributed by atoms with Crippen molar-refractivity contribution in [1.29, 1.82) is 0 Å². The number of rotatable bonds is 12. The van der Waals surface area contributed by atoms with Gasteiger partial charge in [0.15, 0.2) is 5.78 Å². The van der Waals surface area contributed by atoms with E-state index in [4.69, 9.17) is 9.84 Å². The SMILES string of the molecule is CC(C)(CO)[C@@H](O)C(=O)CCCCOC(=O)CCCc1ccccc1. The topological polar surface area (TPSA) is 83.8 Å². The Balaban J connectivity index is 2.09. The molecule has 0 aliphatic carbocycles. The van der Waals surface area contributed by atoms with E-state index in [2.05, 4.69) is 0 Å². The number of aliphatic hydroxyl groups is 2. The third-order valence-corrected chi connectivity index (χ3v) is 4.22. The molecule has 0 aliphatic rings. The second-order valence-electron chi connectivity index (χ2n) is 7.03. The normalized spacial score (nSPS) is 12.6. The van der Waals surface area contributed by atoms with Gasteiger partial charge in [-0.2, -0.15) is 0 Å². The Kier molecular flexibility index (Phi) is 9.39. The number of Topliss-reactive ketones (excluding diaryl/α,β-unsaturated/α-hetero) is 1. The number of hydrogen-bond donors (Lipinski definition) is 2. The van der Waals surface area contributed by atoms with Crippen LogP contribution in [0.4, 0.5) is 0 Å². The first-order chi connectivity index (χ1) is 11.9. The van der Waals surface area contributed by atoms with E-state index in [1.54, 1.807) is 13.8 Å². The Morgan fingerprint density at radius 1 is 1.08 bits per heavy atom. The molecular weight excluding hydrogens is 320 g/mol. The maximum Gasteiger partial charge on any atom is 0.305 e. The van der Waals surface area contributed by atoms with Crippen LogP contribution in [0.15, 0.2) is 30.3 Å². The molecule has 2 N–H and O–H groups in total. The highest BCUT2D eigenvalue weighted by Gasteiger charge is 2.32. The molecule has 25 heavy (non-hydrogen) atoms. The summed E-state index contributed by atoms with van der Waals surface area (Å²) < 4.78 is 5.16. The molecule has 0 bridgehead atoms. The van der Waals surface area contributed by atoms with Gasteiger partial charge in [-0.1, -0.05) is 44.2 Å². The van der Waals surface area contributed by atoms with E-state index in [1.807, 2.05) is 30.3 Å². The van der Waals surface area contributed by atoms with Crippen LogP contribution in [0.1, 0.15) is 51.5 Å². The van der Waals surface area contributed by atoms with Crippen LogP contribution in [0.25, 0.3) is 0 Å². The Morgan fingerprint density at radius 2 is 1.76 bits per heavy atom. The molecule has 5 heteroatoms. The van der Waals surface area contributed by atoms with Gasteiger partial charge in [-0.05, 0) is 31.2 Å². The number of benzene rings is 1. The fraction of sp³-hybridized carbons (Fsp3) is 0.600. The van der Waals surface area contributed by atoms with Gasteiger partial charge < -0.3 is 14.9 Å². The highest BCUT2D eigenvalue weighted by molar-refractivity contribution is 5.83. The molecule has 0 aromatic heterocycles. The highest BCUT2D eigenvalue weighted by atomic mass is 16.5. The molecule has 0 heterocycles. The van der Waals surface area contributed by atoms with Crippen LogP contribution in [-0.2, 0) is 20.7 Å². The summed E-state index contributed by atoms with van der Waals surface area (Å²) in [5.74, 6) is -0.503. The van der Waals surface area contributed by atoms with Crippen molar-refractivity contribution < 1.29 is 24.5 Å². The quantitative estimate of drug-likeness (QED) is 0.447. The molecule has 0 fully saturated rings. The number of esters is 1. The number of aliphatic hydroxyl groups excluding tert-OH is 2. The number of carbonyl (C=O) groups is 2. The minimum Gasteiger partial charge on any atom is -0.466 e. The van der Waals surface area contributed by atoms with Crippen LogP contribution in [-0.4, -0.2) is 41.3 Å². The third kappa shape index (κ3) is 8.27. The fourth-order valence-corrected chi connectivity index (χ4v) is 2.40. The Bertz CT molecular complexity index is 524. The lowest BCUT2D eigenvalue weighted by Crippen LogP contribution is -2.39. The van der Waals surface area contributed by atoms with Gasteiger partial charge in [0.2, 0.25) is 0 Å². The smallest absolute Gasteiger partial charge is 0.305 e. The first-order valence-corrected chi connectivity index (χ1v) is 8.88. The standard InChI is InChI=1S/C20H30O5/c1-20(2,15-21)19(24)17(22)12-6-7-14-25-18(23)13-8-11-16-9-4-3-5-10-16/h3-5,9-10,19,21,24H,6-8,11-15H2,1-2H3/t19-/m0/s1. The average Bonchev–Trinajstić information content (AvgIpc) is 2.61. The molecule has 0 amide bonds. The number of carbonyl (C=O) groups excluding carboxylic acids is 2. The molecule has 5 nitrogen and oxygen atoms in total. The molecule has 1 aromatic carbocycles. The van der Waals surface area contributed by atoms with Crippen LogP contribution < -0.4 is 0 Å². The van der Waals surface area contributed by atoms with Gasteiger partial charge in [0, 0.05) is 18.3 Å². The van der Waals surface area contributed by atoms with Crippen molar-refractivity contribution in [3.8, 4) is 0 Å². The van der Waals surface area contributed by atoms with Gasteiger partial charge >= 0.3 is 5.97 Å². The zero-order valence-electron chi connectivity index (χ0n) is 15.2. The molecule has 0 unspecified atom stereocenters. The Labute approximate surface area is 150 Å². The average molecular weight is 350 g/mol. The predicted octanol–water partition coefficient (Wildman–Crippen LogP) is 2.67. The number of ketones is 1. The van der Waals surface area contributed by atoms with E-state index in [-0.39, 0.29) is 31.4 Å². The maximum atomic E-state index is 11.9. The zero-order valence-corrected chi connectivity index (χ0v) is 15.2. The molecule has 1 rings (SSSR count). The van der Waals surface area contributed by atoms with Gasteiger partial charge in [0.05, 0.1) is 13.2 Å². The van der Waals surface area contributed by atoms with Crippen LogP contribution in [0.2, 0.25) is 0 Å². The molecule has 1 atom stereocenters. The molecule has 0 radical (unpaired) electrons. The minimum absolute atomic E-state index is 0.218. The monoisotopic (exact) mass is 350 g/mol. The van der Waals surface area contributed by atoms with Gasteiger partial charge in [-0.25, -0.2) is 0 Å². The third-order valence-electron chi connectivity index (χ3n) is 4.22. The molecule has 0 aliphatic heterocycles. The number of unbranched alkanes of at least 4 members (excludes halogenated alkanes) is 1. The first-order valence-electron chi connectivity index (χ1n) is 8.88. The second-order valence-corrected chi connectivity index (χ2v) is 7.03. The van der Waals surface area contributed by atoms with Crippen LogP contribution >= 0.6 is 0 Å². The van der Waals surface area contributed by atoms with E-state index in [0.717, 1.165) is 12.8 Å². The number of aryl methyl sites for hydroxylation is 1. The van der Waals surface area contributed by atoms with Gasteiger partial charge in [-0.3, -0.25) is 9.59 Å². The molecule has 0 spiro atoms. The lowest BCUT2D eigenvalue weighted by Gasteiger charge is -2.27. The van der Waals surface area contributed by atoms with Crippen molar-refractivity contribution in [3.05, 3.63) is 35.9 Å². The summed E-state index contributed by atoms with van der Waals surface area (Å²) in [5.41, 5.74) is 0.376. The minimum atomic E-state index is -1.17. The summed E-state index contributed by atoms with van der Waals surface area (Å²) in [6.07, 6.45) is 2.18. The summed E-state index contributed by atoms with van der Waals surface area (Å²) in [6, 6.07) is 10.00. The van der Waals surface area contributed by atoms with Crippen molar-refractivity contribution in [2.75, 3.05) is 13.2 Å². The van der Waals surface area contributed by atoms with Crippen LogP contribution in [0, 0.1) is 5.41 Å². The predicted molar refractivity (Wildman–Crippen MR) is 96.1 cm³/mol. The fourth-order valence-electron chi connectivity index (χ4n) is 2.40. The van der Waals surface area contributed by atoms with E-state index >= 15 is 0 Å². The maximum absolute atomic E-state index is 11.9. The summed E-state index contributed by atoms with van der Waals surface area (Å²) in [7, 11) is 0. The zero-order chi connectivity index (χ0) is 18.7. The van der Waals surface area contributed by atoms with Crippen molar-refractivity contribution in [1.82, 2.24) is 0 Å². The van der Waals surface area contributed by atoms with E-state index in [9.17, 15) is 14.7 Å². The van der Waals surface area contributed by atoms with Gasteiger partial charge in [0.25, 0.3) is 0 Å². The van der Waals surface area contributed by atoms with Gasteiger partial charge in [0.1, 0.15) is 6.10 Å². The Hall–Kier alpha value is -1.72. The second kappa shape index (κ2) is 11.0. The lowest BCUT2D eigenvalue weighted by atomic mass is 9.84. The summed E-state index contributed by atoms with van der Waals surface area (Å²) in [5, 5.41) is 19.0. The molecule has 1 aromatic rings. The summed E-state index contributed by atoms with van der Waals surface area (Å²) in [4.78, 5) is 23.5. The summed E-state index contributed by atoms with van der Waals surface area (Å²) in [6.45, 7) is 3.33. The first kappa shape index (κ1) is 21.3. The van der Waals surface area contributed by atoms with Crippen LogP contribution in [0.5, 0.6) is 0 Å². The lowest BCUT2D eigenvalue weighted by molar-refractivity contribution is -0.143. The van der Waals surface area contributed by atoms with E-state index in [1.165, 1.54) is 5.56 Å². The van der Waals surface area contributed by atoms with Crippen LogP contribution in [0.3, 0.4) is 0 Å². The molecular formula is C20H30O5. The van der Waals surface area contributed by atoms with E-state index in [0.29, 0.717) is 19.3 Å². The van der Waals surface area contributed by atoms with Crippen molar-refractivity contribution in [2.45, 2.75) is 58.5 Å². The summed E-state index contributed by atoms with van der Waals surface area (Å²) >= 11 is 0. The van der Waals surface area contributed by atoms with Crippen molar-refractivity contribution >= 4 is 11.8 Å².